The van der Waals surface area contributed by atoms with Crippen LogP contribution in [-0.4, -0.2) is 0 Å². The third-order valence-electron chi connectivity index (χ3n) is 5.61. The summed E-state index contributed by atoms with van der Waals surface area (Å²) in [5.41, 5.74) is 12.6. The summed E-state index contributed by atoms with van der Waals surface area (Å²) in [4.78, 5) is 0. The molecular weight excluding hydrogens is 374 g/mol. The van der Waals surface area contributed by atoms with Gasteiger partial charge in [-0.2, -0.15) is 0 Å². The molecule has 0 atom stereocenters. The Bertz CT molecular complexity index is 1080. The van der Waals surface area contributed by atoms with Gasteiger partial charge in [0.2, 0.25) is 0 Å². The molecule has 1 N–H and O–H groups in total. The van der Waals surface area contributed by atoms with Crippen molar-refractivity contribution in [1.82, 2.24) is 0 Å². The first-order valence-corrected chi connectivity index (χ1v) is 11.1. The van der Waals surface area contributed by atoms with E-state index in [4.69, 9.17) is 0 Å². The summed E-state index contributed by atoms with van der Waals surface area (Å²) < 4.78 is 0. The van der Waals surface area contributed by atoms with Crippen LogP contribution in [0.4, 0.5) is 11.4 Å². The van der Waals surface area contributed by atoms with Crippen molar-refractivity contribution in [3.8, 4) is 22.3 Å². The van der Waals surface area contributed by atoms with Gasteiger partial charge in [0, 0.05) is 11.4 Å². The molecule has 31 heavy (non-hydrogen) atoms. The lowest BCUT2D eigenvalue weighted by Crippen LogP contribution is -1.94. The van der Waals surface area contributed by atoms with Crippen molar-refractivity contribution in [1.29, 1.82) is 0 Å². The molecule has 0 aliphatic heterocycles. The highest BCUT2D eigenvalue weighted by molar-refractivity contribution is 5.76. The smallest absolute Gasteiger partial charge is 0.0387 e. The van der Waals surface area contributed by atoms with Gasteiger partial charge in [-0.3, -0.25) is 0 Å². The van der Waals surface area contributed by atoms with Gasteiger partial charge in [-0.15, -0.1) is 0 Å². The van der Waals surface area contributed by atoms with E-state index < -0.39 is 0 Å². The maximum atomic E-state index is 3.57. The van der Waals surface area contributed by atoms with Gasteiger partial charge in [0.15, 0.2) is 0 Å². The second-order valence-corrected chi connectivity index (χ2v) is 7.81. The second kappa shape index (κ2) is 10.1. The van der Waals surface area contributed by atoms with E-state index in [1.165, 1.54) is 44.5 Å². The third-order valence-corrected chi connectivity index (χ3v) is 5.61. The average molecular weight is 408 g/mol. The summed E-state index contributed by atoms with van der Waals surface area (Å²) in [6, 6.07) is 30.3. The van der Waals surface area contributed by atoms with Gasteiger partial charge < -0.3 is 5.32 Å². The summed E-state index contributed by atoms with van der Waals surface area (Å²) >= 11 is 0. The SMILES string of the molecule is CC.Cc1ccccc1-c1ccc(Nc2ccc(-c3ccccc3C)c(C)c2)cc1C. The van der Waals surface area contributed by atoms with Crippen LogP contribution in [0.2, 0.25) is 0 Å². The molecule has 0 aliphatic rings. The molecule has 0 aliphatic carbocycles. The number of benzene rings is 4. The van der Waals surface area contributed by atoms with Crippen LogP contribution in [0.5, 0.6) is 0 Å². The van der Waals surface area contributed by atoms with Gasteiger partial charge in [-0.05, 0) is 96.5 Å². The van der Waals surface area contributed by atoms with Gasteiger partial charge in [0.1, 0.15) is 0 Å². The van der Waals surface area contributed by atoms with Crippen molar-refractivity contribution in [2.75, 3.05) is 5.32 Å². The Labute approximate surface area is 187 Å². The van der Waals surface area contributed by atoms with Crippen molar-refractivity contribution >= 4 is 11.4 Å². The Kier molecular flexibility index (Phi) is 7.31. The molecule has 0 unspecified atom stereocenters. The minimum absolute atomic E-state index is 1.11. The van der Waals surface area contributed by atoms with E-state index in [1.807, 2.05) is 13.8 Å². The molecule has 0 radical (unpaired) electrons. The van der Waals surface area contributed by atoms with E-state index >= 15 is 0 Å². The Morgan fingerprint density at radius 3 is 1.13 bits per heavy atom. The molecule has 0 bridgehead atoms. The van der Waals surface area contributed by atoms with Gasteiger partial charge >= 0.3 is 0 Å². The molecule has 158 valence electrons. The standard InChI is InChI=1S/C28H27N.C2H6/c1-19-9-5-7-11-25(19)27-15-13-23(17-21(27)3)29-24-14-16-28(22(4)18-24)26-12-8-6-10-20(26)2;1-2/h5-18,29H,1-4H3;1-2H3. The lowest BCUT2D eigenvalue weighted by molar-refractivity contribution is 1.39. The lowest BCUT2D eigenvalue weighted by atomic mass is 9.95. The molecule has 0 saturated carbocycles. The van der Waals surface area contributed by atoms with Gasteiger partial charge in [0.25, 0.3) is 0 Å². The van der Waals surface area contributed by atoms with E-state index in [2.05, 4.69) is 118 Å². The summed E-state index contributed by atoms with van der Waals surface area (Å²) in [6.45, 7) is 12.7. The molecule has 4 rings (SSSR count). The fourth-order valence-corrected chi connectivity index (χ4v) is 4.00. The zero-order valence-electron chi connectivity index (χ0n) is 19.6. The van der Waals surface area contributed by atoms with Crippen LogP contribution in [0.3, 0.4) is 0 Å². The average Bonchev–Trinajstić information content (AvgIpc) is 2.77. The minimum atomic E-state index is 1.11. The van der Waals surface area contributed by atoms with Crippen LogP contribution in [0.25, 0.3) is 22.3 Å². The first kappa shape index (κ1) is 22.4. The van der Waals surface area contributed by atoms with E-state index in [-0.39, 0.29) is 0 Å². The summed E-state index contributed by atoms with van der Waals surface area (Å²) in [7, 11) is 0. The molecule has 0 spiro atoms. The van der Waals surface area contributed by atoms with Crippen molar-refractivity contribution in [2.24, 2.45) is 0 Å². The third kappa shape index (κ3) is 5.06. The topological polar surface area (TPSA) is 12.0 Å². The Morgan fingerprint density at radius 2 is 0.774 bits per heavy atom. The second-order valence-electron chi connectivity index (χ2n) is 7.81. The largest absolute Gasteiger partial charge is 0.356 e. The van der Waals surface area contributed by atoms with Gasteiger partial charge in [-0.25, -0.2) is 0 Å². The molecule has 0 heterocycles. The van der Waals surface area contributed by atoms with Crippen LogP contribution >= 0.6 is 0 Å². The van der Waals surface area contributed by atoms with Crippen LogP contribution < -0.4 is 5.32 Å². The molecule has 0 amide bonds. The first-order valence-electron chi connectivity index (χ1n) is 11.1. The highest BCUT2D eigenvalue weighted by Crippen LogP contribution is 2.32. The number of aryl methyl sites for hydroxylation is 4. The molecular formula is C30H33N. The Morgan fingerprint density at radius 1 is 0.419 bits per heavy atom. The highest BCUT2D eigenvalue weighted by atomic mass is 14.9. The number of hydrogen-bond donors (Lipinski definition) is 1. The molecule has 0 fully saturated rings. The quantitative estimate of drug-likeness (QED) is 0.356. The summed E-state index contributed by atoms with van der Waals surface area (Å²) in [5.74, 6) is 0. The van der Waals surface area contributed by atoms with Gasteiger partial charge in [-0.1, -0.05) is 74.5 Å². The summed E-state index contributed by atoms with van der Waals surface area (Å²) in [5, 5.41) is 3.57. The van der Waals surface area contributed by atoms with E-state index in [0.717, 1.165) is 11.4 Å². The van der Waals surface area contributed by atoms with Crippen molar-refractivity contribution in [3.63, 3.8) is 0 Å². The van der Waals surface area contributed by atoms with Crippen LogP contribution in [0, 0.1) is 27.7 Å². The zero-order valence-corrected chi connectivity index (χ0v) is 19.6. The maximum Gasteiger partial charge on any atom is 0.0387 e. The molecule has 0 saturated heterocycles. The lowest BCUT2D eigenvalue weighted by Gasteiger charge is -2.14. The Balaban J connectivity index is 0.00000132. The molecule has 1 heteroatoms. The number of hydrogen-bond acceptors (Lipinski definition) is 1. The fourth-order valence-electron chi connectivity index (χ4n) is 4.00. The van der Waals surface area contributed by atoms with Crippen molar-refractivity contribution in [3.05, 3.63) is 107 Å². The maximum absolute atomic E-state index is 3.57. The molecule has 4 aromatic rings. The predicted octanol–water partition coefficient (Wildman–Crippen LogP) is 9.02. The predicted molar refractivity (Wildman–Crippen MR) is 137 cm³/mol. The van der Waals surface area contributed by atoms with E-state index in [1.54, 1.807) is 0 Å². The number of anilines is 2. The van der Waals surface area contributed by atoms with E-state index in [9.17, 15) is 0 Å². The summed E-state index contributed by atoms with van der Waals surface area (Å²) in [6.07, 6.45) is 0. The minimum Gasteiger partial charge on any atom is -0.356 e. The highest BCUT2D eigenvalue weighted by Gasteiger charge is 2.08. The zero-order chi connectivity index (χ0) is 22.4. The van der Waals surface area contributed by atoms with Crippen LogP contribution in [-0.2, 0) is 0 Å². The molecule has 0 aromatic heterocycles. The number of nitrogens with one attached hydrogen (secondary N) is 1. The molecule has 4 aromatic carbocycles. The Hall–Kier alpha value is -3.32. The monoisotopic (exact) mass is 407 g/mol. The fraction of sp³-hybridized carbons (Fsp3) is 0.200. The van der Waals surface area contributed by atoms with Crippen LogP contribution in [0.1, 0.15) is 36.1 Å². The normalized spacial score (nSPS) is 10.3. The first-order chi connectivity index (χ1) is 15.0. The van der Waals surface area contributed by atoms with Crippen LogP contribution in [0.15, 0.2) is 84.9 Å². The van der Waals surface area contributed by atoms with Crippen molar-refractivity contribution < 1.29 is 0 Å². The van der Waals surface area contributed by atoms with Gasteiger partial charge in [0.05, 0.1) is 0 Å². The number of rotatable bonds is 4. The van der Waals surface area contributed by atoms with E-state index in [0.29, 0.717) is 0 Å². The van der Waals surface area contributed by atoms with Crippen molar-refractivity contribution in [2.45, 2.75) is 41.5 Å². The molecule has 1 nitrogen and oxygen atoms in total.